The first kappa shape index (κ1) is 30.1. The molecule has 4 aromatic rings. The number of amidine groups is 1. The van der Waals surface area contributed by atoms with Gasteiger partial charge in [-0.25, -0.2) is 4.39 Å². The zero-order chi connectivity index (χ0) is 30.9. The van der Waals surface area contributed by atoms with Crippen molar-refractivity contribution in [1.29, 1.82) is 0 Å². The molecule has 1 aliphatic rings. The van der Waals surface area contributed by atoms with Gasteiger partial charge < -0.3 is 24.3 Å². The molecule has 0 spiro atoms. The van der Waals surface area contributed by atoms with E-state index < -0.39 is 11.7 Å². The fourth-order valence-electron chi connectivity index (χ4n) is 4.05. The minimum atomic E-state index is -0.427. The van der Waals surface area contributed by atoms with Crippen molar-refractivity contribution >= 4 is 46.7 Å². The van der Waals surface area contributed by atoms with Gasteiger partial charge in [-0.2, -0.15) is 5.10 Å². The van der Waals surface area contributed by atoms with Gasteiger partial charge in [0.15, 0.2) is 23.3 Å². The lowest BCUT2D eigenvalue weighted by Gasteiger charge is -2.12. The molecule has 1 aliphatic heterocycles. The van der Waals surface area contributed by atoms with Crippen molar-refractivity contribution in [3.63, 3.8) is 0 Å². The Morgan fingerprint density at radius 2 is 1.89 bits per heavy atom. The predicted octanol–water partition coefficient (Wildman–Crippen LogP) is 6.05. The number of nitrogens with zero attached hydrogens (tertiary/aromatic N) is 3. The van der Waals surface area contributed by atoms with Gasteiger partial charge in [-0.3, -0.25) is 14.5 Å². The Labute approximate surface area is 256 Å². The first-order valence-electron chi connectivity index (χ1n) is 13.5. The van der Waals surface area contributed by atoms with Gasteiger partial charge in [0, 0.05) is 11.3 Å². The number of carbonyl (C=O) groups is 2. The molecule has 10 nitrogen and oxygen atoms in total. The van der Waals surface area contributed by atoms with Crippen molar-refractivity contribution in [3.8, 4) is 17.2 Å². The van der Waals surface area contributed by atoms with Crippen LogP contribution in [-0.2, 0) is 16.1 Å². The van der Waals surface area contributed by atoms with Gasteiger partial charge in [-0.1, -0.05) is 18.2 Å². The number of carbonyl (C=O) groups excluding carboxylic acids is 2. The third-order valence-electron chi connectivity index (χ3n) is 6.11. The van der Waals surface area contributed by atoms with E-state index in [4.69, 9.17) is 13.9 Å². The van der Waals surface area contributed by atoms with E-state index in [9.17, 15) is 19.1 Å². The highest BCUT2D eigenvalue weighted by atomic mass is 32.2. The predicted molar refractivity (Wildman–Crippen MR) is 166 cm³/mol. The summed E-state index contributed by atoms with van der Waals surface area (Å²) in [4.78, 5) is 27.8. The van der Waals surface area contributed by atoms with Crippen LogP contribution in [0, 0.1) is 5.82 Å². The Bertz CT molecular complexity index is 1720. The van der Waals surface area contributed by atoms with E-state index in [1.54, 1.807) is 54.6 Å². The summed E-state index contributed by atoms with van der Waals surface area (Å²) in [7, 11) is 0. The van der Waals surface area contributed by atoms with E-state index in [1.165, 1.54) is 47.7 Å². The smallest absolute Gasteiger partial charge is 0.267 e. The van der Waals surface area contributed by atoms with Crippen LogP contribution in [0.1, 0.15) is 23.8 Å². The number of rotatable bonds is 11. The number of para-hydroxylation sites is 1. The number of hydrogen-bond donors (Lipinski definition) is 2. The largest absolute Gasteiger partial charge is 0.504 e. The fraction of sp³-hybridized carbons (Fsp3) is 0.125. The summed E-state index contributed by atoms with van der Waals surface area (Å²) in [5.74, 6) is 0.152. The van der Waals surface area contributed by atoms with Crippen molar-refractivity contribution in [3.05, 3.63) is 113 Å². The van der Waals surface area contributed by atoms with Gasteiger partial charge in [0.25, 0.3) is 11.8 Å². The highest BCUT2D eigenvalue weighted by Gasteiger charge is 2.34. The number of phenolic OH excluding ortho intramolecular Hbond substituents is 1. The molecule has 3 aromatic carbocycles. The molecule has 1 saturated heterocycles. The molecule has 0 saturated carbocycles. The van der Waals surface area contributed by atoms with Crippen LogP contribution < -0.4 is 14.8 Å². The molecule has 2 amide bonds. The minimum absolute atomic E-state index is 0.0180. The van der Waals surface area contributed by atoms with Gasteiger partial charge in [-0.15, -0.1) is 5.10 Å². The highest BCUT2D eigenvalue weighted by molar-refractivity contribution is 8.18. The van der Waals surface area contributed by atoms with Crippen molar-refractivity contribution in [2.45, 2.75) is 13.5 Å². The molecule has 0 unspecified atom stereocenters. The molecule has 0 aliphatic carbocycles. The second-order valence-corrected chi connectivity index (χ2v) is 10.3. The Morgan fingerprint density at radius 3 is 2.66 bits per heavy atom. The molecule has 224 valence electrons. The average Bonchev–Trinajstić information content (AvgIpc) is 3.64. The van der Waals surface area contributed by atoms with Crippen molar-refractivity contribution < 1.29 is 33.0 Å². The summed E-state index contributed by atoms with van der Waals surface area (Å²) >= 11 is 1.13. The SMILES string of the molecule is CCOc1cc(/C=N/N=C2\S/C(=C\c3ccccc3OCC(=O)Nc3ccc(F)cc3)C(=O)N2Cc2ccco2)ccc1O. The van der Waals surface area contributed by atoms with Crippen LogP contribution in [0.5, 0.6) is 17.2 Å². The lowest BCUT2D eigenvalue weighted by molar-refractivity contribution is -0.122. The number of thioether (sulfide) groups is 1. The number of phenols is 1. The molecule has 0 atom stereocenters. The number of benzene rings is 3. The lowest BCUT2D eigenvalue weighted by Crippen LogP contribution is -2.28. The maximum atomic E-state index is 13.5. The van der Waals surface area contributed by atoms with E-state index >= 15 is 0 Å². The molecule has 1 fully saturated rings. The maximum absolute atomic E-state index is 13.5. The number of furan rings is 1. The number of halogens is 1. The summed E-state index contributed by atoms with van der Waals surface area (Å²) in [6.45, 7) is 2.05. The first-order valence-corrected chi connectivity index (χ1v) is 14.3. The van der Waals surface area contributed by atoms with Crippen LogP contribution in [-0.4, -0.2) is 46.4 Å². The Kier molecular flexibility index (Phi) is 9.72. The quantitative estimate of drug-likeness (QED) is 0.120. The van der Waals surface area contributed by atoms with Crippen LogP contribution in [0.25, 0.3) is 6.08 Å². The van der Waals surface area contributed by atoms with Crippen molar-refractivity contribution in [1.82, 2.24) is 4.90 Å². The molecular weight excluding hydrogens is 587 g/mol. The number of aromatic hydroxyl groups is 1. The normalized spacial score (nSPS) is 15.0. The van der Waals surface area contributed by atoms with Crippen molar-refractivity contribution in [2.24, 2.45) is 10.2 Å². The second-order valence-electron chi connectivity index (χ2n) is 9.25. The van der Waals surface area contributed by atoms with E-state index in [1.807, 2.05) is 6.92 Å². The molecule has 12 heteroatoms. The van der Waals surface area contributed by atoms with E-state index in [2.05, 4.69) is 15.5 Å². The molecule has 5 rings (SSSR count). The summed E-state index contributed by atoms with van der Waals surface area (Å²) in [5.41, 5.74) is 1.66. The van der Waals surface area contributed by atoms with Gasteiger partial charge in [0.2, 0.25) is 0 Å². The molecule has 44 heavy (non-hydrogen) atoms. The zero-order valence-corrected chi connectivity index (χ0v) is 24.3. The van der Waals surface area contributed by atoms with E-state index in [0.717, 1.165) is 11.8 Å². The van der Waals surface area contributed by atoms with Gasteiger partial charge >= 0.3 is 0 Å². The summed E-state index contributed by atoms with van der Waals surface area (Å²) < 4.78 is 29.8. The summed E-state index contributed by atoms with van der Waals surface area (Å²) in [6.07, 6.45) is 4.68. The van der Waals surface area contributed by atoms with E-state index in [-0.39, 0.29) is 24.8 Å². The Morgan fingerprint density at radius 1 is 1.07 bits per heavy atom. The molecule has 1 aromatic heterocycles. The standard InChI is InChI=1S/C32H27FN4O6S/c1-2-41-28-16-21(9-14-26(28)38)18-34-36-32-37(19-25-7-5-15-42-25)31(40)29(44-32)17-22-6-3-4-8-27(22)43-20-30(39)35-24-12-10-23(33)11-13-24/h3-18,38H,2,19-20H2,1H3,(H,35,39)/b29-17-,34-18+,36-32-. The second kappa shape index (κ2) is 14.2. The number of nitrogens with one attached hydrogen (secondary N) is 1. The molecule has 2 N–H and O–H groups in total. The van der Waals surface area contributed by atoms with Crippen molar-refractivity contribution in [2.75, 3.05) is 18.5 Å². The van der Waals surface area contributed by atoms with Gasteiger partial charge in [-0.05, 0) is 91.0 Å². The van der Waals surface area contributed by atoms with Crippen LogP contribution in [0.4, 0.5) is 10.1 Å². The molecular formula is C32H27FN4O6S. The average molecular weight is 615 g/mol. The number of anilines is 1. The zero-order valence-electron chi connectivity index (χ0n) is 23.5. The summed E-state index contributed by atoms with van der Waals surface area (Å²) in [5, 5.41) is 21.4. The Balaban J connectivity index is 1.34. The van der Waals surface area contributed by atoms with Crippen LogP contribution in [0.2, 0.25) is 0 Å². The summed E-state index contributed by atoms with van der Waals surface area (Å²) in [6, 6.07) is 20.7. The third-order valence-corrected chi connectivity index (χ3v) is 7.11. The van der Waals surface area contributed by atoms with Crippen LogP contribution in [0.15, 0.2) is 105 Å². The van der Waals surface area contributed by atoms with Crippen LogP contribution in [0.3, 0.4) is 0 Å². The number of ether oxygens (including phenoxy) is 2. The van der Waals surface area contributed by atoms with Gasteiger partial charge in [0.1, 0.15) is 17.3 Å². The Hall–Kier alpha value is -5.36. The number of amides is 2. The molecule has 0 bridgehead atoms. The van der Waals surface area contributed by atoms with E-state index in [0.29, 0.717) is 50.8 Å². The first-order chi connectivity index (χ1) is 21.4. The topological polar surface area (TPSA) is 126 Å². The fourth-order valence-corrected chi connectivity index (χ4v) is 4.98. The maximum Gasteiger partial charge on any atom is 0.267 e. The minimum Gasteiger partial charge on any atom is -0.504 e. The lowest BCUT2D eigenvalue weighted by atomic mass is 10.2. The van der Waals surface area contributed by atoms with Gasteiger partial charge in [0.05, 0.1) is 30.5 Å². The molecule has 0 radical (unpaired) electrons. The highest BCUT2D eigenvalue weighted by Crippen LogP contribution is 2.35. The third kappa shape index (κ3) is 7.72. The number of hydrogen-bond acceptors (Lipinski definition) is 9. The molecule has 2 heterocycles. The monoisotopic (exact) mass is 614 g/mol. The van der Waals surface area contributed by atoms with Crippen LogP contribution >= 0.6 is 11.8 Å².